The lowest BCUT2D eigenvalue weighted by Crippen LogP contribution is -2.54. The summed E-state index contributed by atoms with van der Waals surface area (Å²) < 4.78 is 0. The van der Waals surface area contributed by atoms with Gasteiger partial charge in [0.2, 0.25) is 0 Å². The van der Waals surface area contributed by atoms with Crippen molar-refractivity contribution in [3.05, 3.63) is 30.1 Å². The summed E-state index contributed by atoms with van der Waals surface area (Å²) in [4.78, 5) is 16.4. The van der Waals surface area contributed by atoms with Crippen molar-refractivity contribution in [2.75, 3.05) is 0 Å². The molecule has 5 heteroatoms. The largest absolute Gasteiger partial charge is 0.393 e. The van der Waals surface area contributed by atoms with Gasteiger partial charge in [-0.15, -0.1) is 0 Å². The van der Waals surface area contributed by atoms with Crippen molar-refractivity contribution in [2.24, 2.45) is 39.6 Å². The molecular weight excluding hydrogens is 374 g/mol. The van der Waals surface area contributed by atoms with Gasteiger partial charge in [0, 0.05) is 29.1 Å². The van der Waals surface area contributed by atoms with Crippen LogP contribution in [0.15, 0.2) is 29.6 Å². The molecule has 0 aromatic carbocycles. The van der Waals surface area contributed by atoms with E-state index in [2.05, 4.69) is 29.4 Å². The molecule has 5 rings (SSSR count). The molecule has 0 bridgehead atoms. The molecule has 7 atom stereocenters. The van der Waals surface area contributed by atoms with Gasteiger partial charge >= 0.3 is 0 Å². The van der Waals surface area contributed by atoms with Crippen molar-refractivity contribution in [2.45, 2.75) is 77.7 Å². The van der Waals surface area contributed by atoms with E-state index < -0.39 is 0 Å². The number of aromatic nitrogens is 1. The monoisotopic (exact) mass is 409 g/mol. The Morgan fingerprint density at radius 2 is 1.90 bits per heavy atom. The lowest BCUT2D eigenvalue weighted by atomic mass is 9.45. The number of fused-ring (bicyclic) bond motifs is 5. The minimum absolute atomic E-state index is 0.0808. The Balaban J connectivity index is 1.33. The van der Waals surface area contributed by atoms with Crippen molar-refractivity contribution in [1.82, 2.24) is 10.4 Å². The number of hydrazone groups is 1. The highest BCUT2D eigenvalue weighted by Crippen LogP contribution is 2.65. The van der Waals surface area contributed by atoms with Gasteiger partial charge in [0.1, 0.15) is 0 Å². The molecule has 0 unspecified atom stereocenters. The van der Waals surface area contributed by atoms with E-state index in [0.717, 1.165) is 31.1 Å². The molecule has 4 aliphatic carbocycles. The van der Waals surface area contributed by atoms with Gasteiger partial charge in [-0.3, -0.25) is 9.78 Å². The summed E-state index contributed by atoms with van der Waals surface area (Å²) in [5.41, 5.74) is 5.13. The molecule has 4 fully saturated rings. The van der Waals surface area contributed by atoms with Gasteiger partial charge in [0.25, 0.3) is 5.91 Å². The van der Waals surface area contributed by atoms with E-state index in [1.165, 1.54) is 44.2 Å². The molecule has 162 valence electrons. The van der Waals surface area contributed by atoms with Gasteiger partial charge < -0.3 is 5.11 Å². The van der Waals surface area contributed by atoms with Crippen LogP contribution in [-0.2, 0) is 0 Å². The third-order valence-electron chi connectivity index (χ3n) is 9.61. The van der Waals surface area contributed by atoms with Crippen LogP contribution in [0.1, 0.15) is 82.0 Å². The maximum atomic E-state index is 12.5. The number of aliphatic hydroxyl groups excluding tert-OH is 1. The van der Waals surface area contributed by atoms with Gasteiger partial charge in [0.15, 0.2) is 0 Å². The fraction of sp³-hybridized carbons (Fsp3) is 0.720. The molecular formula is C25H35N3O2. The summed E-state index contributed by atoms with van der Waals surface area (Å²) in [5, 5.41) is 14.9. The van der Waals surface area contributed by atoms with E-state index in [0.29, 0.717) is 22.8 Å². The zero-order chi connectivity index (χ0) is 20.9. The number of rotatable bonds is 2. The molecule has 4 aliphatic rings. The first kappa shape index (κ1) is 20.2. The highest BCUT2D eigenvalue weighted by molar-refractivity contribution is 5.97. The Kier molecular flexibility index (Phi) is 5.00. The number of carbonyl (C=O) groups excluding carboxylic acids is 1. The Hall–Kier alpha value is -1.75. The first-order valence-corrected chi connectivity index (χ1v) is 11.9. The zero-order valence-corrected chi connectivity index (χ0v) is 18.3. The molecule has 5 nitrogen and oxygen atoms in total. The second-order valence-corrected chi connectivity index (χ2v) is 10.8. The molecule has 0 spiro atoms. The summed E-state index contributed by atoms with van der Waals surface area (Å²) in [6.07, 6.45) is 13.6. The standard InChI is InChI=1S/C25H35N3O2/c1-24-11-7-18(29)15-17(24)3-4-19-20-5-6-22(25(20,2)12-8-21(19)24)27-28-23(30)16-9-13-26-14-10-16/h9-10,13-14,17-21,29H,3-8,11-12,15H2,1-2H3,(H,28,30)/b27-22-/t17-,18+,19-,20+,21-,24+,25+/m0/s1. The Morgan fingerprint density at radius 1 is 1.10 bits per heavy atom. The fourth-order valence-electron chi connectivity index (χ4n) is 7.89. The molecule has 1 aromatic heterocycles. The average Bonchev–Trinajstić information content (AvgIpc) is 3.09. The summed E-state index contributed by atoms with van der Waals surface area (Å²) in [6.45, 7) is 4.93. The summed E-state index contributed by atoms with van der Waals surface area (Å²) in [5.74, 6) is 2.77. The fourth-order valence-corrected chi connectivity index (χ4v) is 7.89. The van der Waals surface area contributed by atoms with Crippen molar-refractivity contribution in [1.29, 1.82) is 0 Å². The van der Waals surface area contributed by atoms with Crippen molar-refractivity contribution in [3.63, 3.8) is 0 Å². The molecule has 1 amide bonds. The van der Waals surface area contributed by atoms with E-state index in [4.69, 9.17) is 0 Å². The minimum atomic E-state index is -0.153. The van der Waals surface area contributed by atoms with Crippen LogP contribution in [0.2, 0.25) is 0 Å². The first-order valence-electron chi connectivity index (χ1n) is 11.9. The van der Waals surface area contributed by atoms with Gasteiger partial charge in [0.05, 0.1) is 6.10 Å². The summed E-state index contributed by atoms with van der Waals surface area (Å²) in [6, 6.07) is 3.44. The summed E-state index contributed by atoms with van der Waals surface area (Å²) in [7, 11) is 0. The highest BCUT2D eigenvalue weighted by Gasteiger charge is 2.59. The van der Waals surface area contributed by atoms with Crippen LogP contribution in [0.25, 0.3) is 0 Å². The number of nitrogens with one attached hydrogen (secondary N) is 1. The Bertz CT molecular complexity index is 840. The van der Waals surface area contributed by atoms with Gasteiger partial charge in [-0.05, 0) is 99.0 Å². The SMILES string of the molecule is C[C@@]12CC[C@@H](O)C[C@@H]1CC[C@H]1[C@H]3CC/C(=N/NC(=O)c4ccncc4)[C@]3(C)CC[C@@H]12. The van der Waals surface area contributed by atoms with E-state index >= 15 is 0 Å². The van der Waals surface area contributed by atoms with Crippen molar-refractivity contribution < 1.29 is 9.90 Å². The highest BCUT2D eigenvalue weighted by atomic mass is 16.3. The average molecular weight is 410 g/mol. The quantitative estimate of drug-likeness (QED) is 0.703. The Morgan fingerprint density at radius 3 is 2.70 bits per heavy atom. The van der Waals surface area contributed by atoms with Crippen molar-refractivity contribution in [3.8, 4) is 0 Å². The maximum Gasteiger partial charge on any atom is 0.271 e. The van der Waals surface area contributed by atoms with Crippen LogP contribution >= 0.6 is 0 Å². The van der Waals surface area contributed by atoms with E-state index in [9.17, 15) is 9.90 Å². The molecule has 0 saturated heterocycles. The maximum absolute atomic E-state index is 12.5. The van der Waals surface area contributed by atoms with E-state index in [-0.39, 0.29) is 17.4 Å². The second-order valence-electron chi connectivity index (χ2n) is 10.8. The number of nitrogens with zero attached hydrogens (tertiary/aromatic N) is 2. The van der Waals surface area contributed by atoms with E-state index in [1.807, 2.05) is 0 Å². The third kappa shape index (κ3) is 3.12. The lowest BCUT2D eigenvalue weighted by Gasteiger charge is -2.60. The first-order chi connectivity index (χ1) is 14.4. The van der Waals surface area contributed by atoms with Crippen LogP contribution in [-0.4, -0.2) is 27.8 Å². The molecule has 1 heterocycles. The van der Waals surface area contributed by atoms with Crippen LogP contribution in [0.5, 0.6) is 0 Å². The molecule has 0 radical (unpaired) electrons. The predicted octanol–water partition coefficient (Wildman–Crippen LogP) is 4.57. The topological polar surface area (TPSA) is 74.6 Å². The van der Waals surface area contributed by atoms with E-state index in [1.54, 1.807) is 24.5 Å². The number of amides is 1. The molecule has 2 N–H and O–H groups in total. The van der Waals surface area contributed by atoms with Gasteiger partial charge in [-0.25, -0.2) is 5.43 Å². The zero-order valence-electron chi connectivity index (χ0n) is 18.3. The smallest absolute Gasteiger partial charge is 0.271 e. The third-order valence-corrected chi connectivity index (χ3v) is 9.61. The molecule has 1 aromatic rings. The molecule has 4 saturated carbocycles. The number of aliphatic hydroxyl groups is 1. The number of carbonyl (C=O) groups is 1. The second kappa shape index (κ2) is 7.44. The number of hydrogen-bond acceptors (Lipinski definition) is 4. The van der Waals surface area contributed by atoms with Crippen LogP contribution in [0.3, 0.4) is 0 Å². The van der Waals surface area contributed by atoms with Crippen LogP contribution in [0, 0.1) is 34.5 Å². The molecule has 0 aliphatic heterocycles. The van der Waals surface area contributed by atoms with Gasteiger partial charge in [-0.1, -0.05) is 13.8 Å². The van der Waals surface area contributed by atoms with Gasteiger partial charge in [-0.2, -0.15) is 5.10 Å². The molecule has 30 heavy (non-hydrogen) atoms. The normalized spacial score (nSPS) is 44.1. The van der Waals surface area contributed by atoms with Crippen LogP contribution < -0.4 is 5.43 Å². The summed E-state index contributed by atoms with van der Waals surface area (Å²) >= 11 is 0. The Labute approximate surface area is 179 Å². The lowest BCUT2D eigenvalue weighted by molar-refractivity contribution is -0.113. The van der Waals surface area contributed by atoms with Crippen molar-refractivity contribution >= 4 is 11.6 Å². The van der Waals surface area contributed by atoms with Crippen LogP contribution in [0.4, 0.5) is 0 Å². The number of hydrogen-bond donors (Lipinski definition) is 2. The minimum Gasteiger partial charge on any atom is -0.393 e. The number of pyridine rings is 1. The predicted molar refractivity (Wildman–Crippen MR) is 117 cm³/mol.